The smallest absolute Gasteiger partial charge is 0.328 e. The summed E-state index contributed by atoms with van der Waals surface area (Å²) in [5.74, 6) is -0.570. The molecule has 0 N–H and O–H groups in total. The molecule has 0 radical (unpaired) electrons. The van der Waals surface area contributed by atoms with E-state index in [1.54, 1.807) is 18.2 Å². The highest BCUT2D eigenvalue weighted by Crippen LogP contribution is 2.35. The van der Waals surface area contributed by atoms with E-state index in [4.69, 9.17) is 4.74 Å². The van der Waals surface area contributed by atoms with Crippen LogP contribution in [0.15, 0.2) is 53.4 Å². The molecule has 29 heavy (non-hydrogen) atoms. The number of imide groups is 1. The van der Waals surface area contributed by atoms with Crippen LogP contribution in [0.5, 0.6) is 5.75 Å². The molecule has 0 aromatic heterocycles. The molecule has 150 valence electrons. The number of hydrogen-bond acceptors (Lipinski definition) is 6. The van der Waals surface area contributed by atoms with Crippen LogP contribution in [-0.2, 0) is 20.9 Å². The number of carbonyl (C=O) groups excluding carboxylic acids is 3. The zero-order valence-electron chi connectivity index (χ0n) is 15.8. The molecule has 1 atom stereocenters. The first-order valence-electron chi connectivity index (χ1n) is 8.72. The number of ether oxygens (including phenoxy) is 2. The summed E-state index contributed by atoms with van der Waals surface area (Å²) >= 11 is 3.03. The Labute approximate surface area is 186 Å². The van der Waals surface area contributed by atoms with E-state index >= 15 is 0 Å². The average Bonchev–Trinajstić information content (AvgIpc) is 3.00. The Balaban J connectivity index is 1.80. The average molecular weight is 523 g/mol. The standard InChI is InChI=1S/C21H18INO5S/c1-13(20(25)27-2)23-19(24)18(29-21(23)26)11-15-5-3-4-6-17(15)28-12-14-7-9-16(22)10-8-14/h3-11,13H,12H2,1-2H3/b18-11+/t13-/m1/s1. The van der Waals surface area contributed by atoms with Gasteiger partial charge in [0, 0.05) is 9.13 Å². The van der Waals surface area contributed by atoms with Gasteiger partial charge >= 0.3 is 5.97 Å². The fourth-order valence-corrected chi connectivity index (χ4v) is 3.96. The number of esters is 1. The molecule has 2 aromatic carbocycles. The number of carbonyl (C=O) groups is 3. The zero-order valence-corrected chi connectivity index (χ0v) is 18.7. The van der Waals surface area contributed by atoms with Crippen LogP contribution < -0.4 is 4.74 Å². The molecular formula is C21H18INO5S. The Morgan fingerprint density at radius 1 is 1.17 bits per heavy atom. The van der Waals surface area contributed by atoms with Crippen LogP contribution in [0.4, 0.5) is 4.79 Å². The van der Waals surface area contributed by atoms with Gasteiger partial charge in [-0.05, 0) is 71.1 Å². The SMILES string of the molecule is COC(=O)[C@@H](C)N1C(=O)S/C(=C/c2ccccc2OCc2ccc(I)cc2)C1=O. The molecule has 3 rings (SSSR count). The van der Waals surface area contributed by atoms with Crippen LogP contribution in [0.1, 0.15) is 18.1 Å². The maximum absolute atomic E-state index is 12.7. The number of halogens is 1. The van der Waals surface area contributed by atoms with Crippen molar-refractivity contribution in [1.29, 1.82) is 0 Å². The molecule has 0 saturated carbocycles. The minimum Gasteiger partial charge on any atom is -0.488 e. The molecule has 0 aliphatic carbocycles. The van der Waals surface area contributed by atoms with Crippen molar-refractivity contribution in [2.24, 2.45) is 0 Å². The van der Waals surface area contributed by atoms with E-state index in [1.807, 2.05) is 36.4 Å². The lowest BCUT2D eigenvalue weighted by Crippen LogP contribution is -2.42. The van der Waals surface area contributed by atoms with Crippen LogP contribution in [0, 0.1) is 3.57 Å². The second-order valence-electron chi connectivity index (χ2n) is 6.20. The number of nitrogens with zero attached hydrogens (tertiary/aromatic N) is 1. The quantitative estimate of drug-likeness (QED) is 0.316. The maximum atomic E-state index is 12.7. The van der Waals surface area contributed by atoms with Gasteiger partial charge in [0.1, 0.15) is 18.4 Å². The van der Waals surface area contributed by atoms with Gasteiger partial charge in [-0.15, -0.1) is 0 Å². The topological polar surface area (TPSA) is 72.9 Å². The molecule has 1 saturated heterocycles. The van der Waals surface area contributed by atoms with Crippen LogP contribution in [0.25, 0.3) is 6.08 Å². The summed E-state index contributed by atoms with van der Waals surface area (Å²) in [6.45, 7) is 1.84. The number of amides is 2. The molecule has 0 spiro atoms. The summed E-state index contributed by atoms with van der Waals surface area (Å²) in [7, 11) is 1.22. The first-order valence-corrected chi connectivity index (χ1v) is 10.6. The summed E-state index contributed by atoms with van der Waals surface area (Å²) in [5, 5.41) is -0.503. The van der Waals surface area contributed by atoms with E-state index in [2.05, 4.69) is 27.3 Å². The molecule has 0 unspecified atom stereocenters. The van der Waals surface area contributed by atoms with Gasteiger partial charge in [0.2, 0.25) is 0 Å². The molecule has 8 heteroatoms. The Hall–Kier alpha value is -2.33. The van der Waals surface area contributed by atoms with Gasteiger partial charge in [-0.3, -0.25) is 14.5 Å². The molecule has 6 nitrogen and oxygen atoms in total. The van der Waals surface area contributed by atoms with Crippen molar-refractivity contribution in [3.8, 4) is 5.75 Å². The summed E-state index contributed by atoms with van der Waals surface area (Å²) in [4.78, 5) is 37.8. The Bertz CT molecular complexity index is 973. The minimum absolute atomic E-state index is 0.232. The highest BCUT2D eigenvalue weighted by atomic mass is 127. The number of rotatable bonds is 6. The third-order valence-electron chi connectivity index (χ3n) is 4.27. The first-order chi connectivity index (χ1) is 13.9. The number of thioether (sulfide) groups is 1. The minimum atomic E-state index is -0.981. The van der Waals surface area contributed by atoms with E-state index in [-0.39, 0.29) is 4.91 Å². The number of para-hydroxylation sites is 1. The third kappa shape index (κ3) is 4.99. The summed E-state index contributed by atoms with van der Waals surface area (Å²) in [6.07, 6.45) is 1.61. The Morgan fingerprint density at radius 2 is 1.86 bits per heavy atom. The van der Waals surface area contributed by atoms with Crippen molar-refractivity contribution in [3.05, 3.63) is 68.1 Å². The van der Waals surface area contributed by atoms with Crippen LogP contribution in [-0.4, -0.2) is 35.2 Å². The van der Waals surface area contributed by atoms with Crippen molar-refractivity contribution < 1.29 is 23.9 Å². The molecule has 2 amide bonds. The van der Waals surface area contributed by atoms with Crippen LogP contribution >= 0.6 is 34.4 Å². The van der Waals surface area contributed by atoms with Gasteiger partial charge in [0.05, 0.1) is 12.0 Å². The van der Waals surface area contributed by atoms with E-state index in [0.717, 1.165) is 25.8 Å². The lowest BCUT2D eigenvalue weighted by molar-refractivity contribution is -0.148. The summed E-state index contributed by atoms with van der Waals surface area (Å²) in [5.41, 5.74) is 1.70. The first kappa shape index (κ1) is 21.4. The lowest BCUT2D eigenvalue weighted by Gasteiger charge is -2.18. The number of methoxy groups -OCH3 is 1. The van der Waals surface area contributed by atoms with Gasteiger partial charge in [0.25, 0.3) is 11.1 Å². The highest BCUT2D eigenvalue weighted by molar-refractivity contribution is 14.1. The second kappa shape index (κ2) is 9.45. The van der Waals surface area contributed by atoms with Crippen LogP contribution in [0.2, 0.25) is 0 Å². The predicted octanol–water partition coefficient (Wildman–Crippen LogP) is 4.47. The Morgan fingerprint density at radius 3 is 2.55 bits per heavy atom. The second-order valence-corrected chi connectivity index (χ2v) is 8.44. The van der Waals surface area contributed by atoms with E-state index in [0.29, 0.717) is 17.9 Å². The summed E-state index contributed by atoms with van der Waals surface area (Å²) < 4.78 is 11.7. The van der Waals surface area contributed by atoms with Crippen molar-refractivity contribution in [2.75, 3.05) is 7.11 Å². The molecular weight excluding hydrogens is 505 g/mol. The van der Waals surface area contributed by atoms with Crippen molar-refractivity contribution >= 4 is 57.5 Å². The Kier molecular flexibility index (Phi) is 6.96. The molecule has 1 heterocycles. The van der Waals surface area contributed by atoms with Gasteiger partial charge in [-0.25, -0.2) is 4.79 Å². The molecule has 1 aliphatic rings. The fourth-order valence-electron chi connectivity index (χ4n) is 2.70. The van der Waals surface area contributed by atoms with Gasteiger partial charge in [-0.2, -0.15) is 0 Å². The normalized spacial score (nSPS) is 16.2. The van der Waals surface area contributed by atoms with Crippen molar-refractivity contribution in [1.82, 2.24) is 4.90 Å². The van der Waals surface area contributed by atoms with E-state index in [1.165, 1.54) is 14.0 Å². The van der Waals surface area contributed by atoms with Crippen LogP contribution in [0.3, 0.4) is 0 Å². The molecule has 2 aromatic rings. The fraction of sp³-hybridized carbons (Fsp3) is 0.190. The molecule has 1 aliphatic heterocycles. The van der Waals surface area contributed by atoms with E-state index < -0.39 is 23.2 Å². The van der Waals surface area contributed by atoms with Gasteiger partial charge < -0.3 is 9.47 Å². The maximum Gasteiger partial charge on any atom is 0.328 e. The number of benzene rings is 2. The van der Waals surface area contributed by atoms with Gasteiger partial charge in [-0.1, -0.05) is 30.3 Å². The number of hydrogen-bond donors (Lipinski definition) is 0. The predicted molar refractivity (Wildman–Crippen MR) is 119 cm³/mol. The third-order valence-corrected chi connectivity index (χ3v) is 5.87. The van der Waals surface area contributed by atoms with Crippen molar-refractivity contribution in [2.45, 2.75) is 19.6 Å². The largest absolute Gasteiger partial charge is 0.488 e. The monoisotopic (exact) mass is 523 g/mol. The summed E-state index contributed by atoms with van der Waals surface area (Å²) in [6, 6.07) is 14.3. The van der Waals surface area contributed by atoms with Gasteiger partial charge in [0.15, 0.2) is 0 Å². The molecule has 1 fully saturated rings. The highest BCUT2D eigenvalue weighted by Gasteiger charge is 2.41. The van der Waals surface area contributed by atoms with Crippen molar-refractivity contribution in [3.63, 3.8) is 0 Å². The molecule has 0 bridgehead atoms. The van der Waals surface area contributed by atoms with E-state index in [9.17, 15) is 14.4 Å². The lowest BCUT2D eigenvalue weighted by atomic mass is 10.1. The zero-order chi connectivity index (χ0) is 21.0.